The Morgan fingerprint density at radius 3 is 2.25 bits per heavy atom. The third kappa shape index (κ3) is 6.13. The van der Waals surface area contributed by atoms with Gasteiger partial charge in [0.2, 0.25) is 0 Å². The van der Waals surface area contributed by atoms with Crippen LogP contribution in [-0.4, -0.2) is 24.4 Å². The lowest BCUT2D eigenvalue weighted by Gasteiger charge is -2.14. The second kappa shape index (κ2) is 5.98. The molecule has 0 aliphatic rings. The Morgan fingerprint density at radius 1 is 1.33 bits per heavy atom. The van der Waals surface area contributed by atoms with Gasteiger partial charge in [-0.2, -0.15) is 0 Å². The molecule has 1 unspecified atom stereocenters. The van der Waals surface area contributed by atoms with Crippen LogP contribution in [0.4, 0.5) is 0 Å². The van der Waals surface area contributed by atoms with Gasteiger partial charge in [-0.25, -0.2) is 0 Å². The average molecular weight is 170 g/mol. The van der Waals surface area contributed by atoms with Crippen molar-refractivity contribution < 1.29 is 9.84 Å². The summed E-state index contributed by atoms with van der Waals surface area (Å²) in [5.74, 6) is 0. The highest BCUT2D eigenvalue weighted by molar-refractivity contribution is 4.92. The molecule has 0 radical (unpaired) electrons. The summed E-state index contributed by atoms with van der Waals surface area (Å²) < 4.78 is 5.35. The van der Waals surface area contributed by atoms with Gasteiger partial charge in [-0.1, -0.05) is 17.7 Å². The minimum Gasteiger partial charge on any atom is -0.394 e. The highest BCUT2D eigenvalue weighted by Crippen LogP contribution is 2.06. The molecule has 2 heteroatoms. The number of aliphatic hydroxyl groups excluding tert-OH is 1. The predicted octanol–water partition coefficient (Wildman–Crippen LogP) is 1.91. The Hall–Kier alpha value is -0.600. The molecule has 0 aromatic rings. The zero-order chi connectivity index (χ0) is 9.56. The van der Waals surface area contributed by atoms with Crippen LogP contribution in [0.3, 0.4) is 0 Å². The van der Waals surface area contributed by atoms with Gasteiger partial charge < -0.3 is 9.84 Å². The summed E-state index contributed by atoms with van der Waals surface area (Å²) in [5.41, 5.74) is 1.99. The molecule has 12 heavy (non-hydrogen) atoms. The van der Waals surface area contributed by atoms with Crippen molar-refractivity contribution in [3.8, 4) is 0 Å². The van der Waals surface area contributed by atoms with E-state index in [2.05, 4.69) is 13.2 Å². The first kappa shape index (κ1) is 11.4. The maximum absolute atomic E-state index is 8.89. The Morgan fingerprint density at radius 2 is 1.92 bits per heavy atom. The van der Waals surface area contributed by atoms with Gasteiger partial charge in [-0.15, -0.1) is 6.58 Å². The zero-order valence-electron chi connectivity index (χ0n) is 7.97. The zero-order valence-corrected chi connectivity index (χ0v) is 7.97. The van der Waals surface area contributed by atoms with Crippen molar-refractivity contribution in [1.82, 2.24) is 0 Å². The maximum atomic E-state index is 8.89. The molecule has 0 heterocycles. The molecule has 0 bridgehead atoms. The summed E-state index contributed by atoms with van der Waals surface area (Å²) in [5, 5.41) is 8.89. The summed E-state index contributed by atoms with van der Waals surface area (Å²) in [4.78, 5) is 0. The molecule has 0 spiro atoms. The molecular formula is C10H18O2. The monoisotopic (exact) mass is 170 g/mol. The summed E-state index contributed by atoms with van der Waals surface area (Å²) in [6, 6.07) is 0. The van der Waals surface area contributed by atoms with Crippen LogP contribution < -0.4 is 0 Å². The van der Waals surface area contributed by atoms with Crippen molar-refractivity contribution in [2.24, 2.45) is 0 Å². The van der Waals surface area contributed by atoms with Crippen LogP contribution in [0.25, 0.3) is 0 Å². The van der Waals surface area contributed by atoms with Gasteiger partial charge in [-0.05, 0) is 20.3 Å². The van der Waals surface area contributed by atoms with E-state index in [1.54, 1.807) is 0 Å². The third-order valence-corrected chi connectivity index (χ3v) is 1.35. The summed E-state index contributed by atoms with van der Waals surface area (Å²) in [7, 11) is 0. The Bertz CT molecular complexity index is 161. The number of rotatable bonds is 6. The van der Waals surface area contributed by atoms with Crippen molar-refractivity contribution in [3.63, 3.8) is 0 Å². The number of aliphatic hydroxyl groups is 1. The van der Waals surface area contributed by atoms with Gasteiger partial charge in [0.25, 0.3) is 0 Å². The molecule has 0 saturated heterocycles. The quantitative estimate of drug-likeness (QED) is 0.617. The van der Waals surface area contributed by atoms with Gasteiger partial charge >= 0.3 is 0 Å². The van der Waals surface area contributed by atoms with Crippen LogP contribution in [-0.2, 0) is 4.74 Å². The van der Waals surface area contributed by atoms with E-state index in [0.29, 0.717) is 13.0 Å². The van der Waals surface area contributed by atoms with E-state index in [1.807, 2.05) is 13.8 Å². The van der Waals surface area contributed by atoms with E-state index in [0.717, 1.165) is 11.1 Å². The summed E-state index contributed by atoms with van der Waals surface area (Å²) >= 11 is 0. The first-order valence-corrected chi connectivity index (χ1v) is 4.07. The lowest BCUT2D eigenvalue weighted by atomic mass is 10.1. The average Bonchev–Trinajstić information content (AvgIpc) is 1.97. The van der Waals surface area contributed by atoms with Crippen molar-refractivity contribution in [2.45, 2.75) is 26.4 Å². The smallest absolute Gasteiger partial charge is 0.0846 e. The molecule has 2 nitrogen and oxygen atoms in total. The second-order valence-corrected chi connectivity index (χ2v) is 3.23. The topological polar surface area (TPSA) is 29.5 Å². The number of hydrogen-bond acceptors (Lipinski definition) is 2. The lowest BCUT2D eigenvalue weighted by molar-refractivity contribution is 0.0260. The largest absolute Gasteiger partial charge is 0.394 e. The Kier molecular flexibility index (Phi) is 5.68. The van der Waals surface area contributed by atoms with Crippen molar-refractivity contribution >= 4 is 0 Å². The lowest BCUT2D eigenvalue weighted by Crippen LogP contribution is -2.18. The Balaban J connectivity index is 3.67. The van der Waals surface area contributed by atoms with Crippen LogP contribution >= 0.6 is 0 Å². The van der Waals surface area contributed by atoms with E-state index in [-0.39, 0.29) is 12.7 Å². The minimum absolute atomic E-state index is 0.0418. The van der Waals surface area contributed by atoms with Crippen LogP contribution in [0.2, 0.25) is 0 Å². The van der Waals surface area contributed by atoms with E-state index in [1.165, 1.54) is 0 Å². The van der Waals surface area contributed by atoms with Crippen LogP contribution in [0, 0.1) is 0 Å². The third-order valence-electron chi connectivity index (χ3n) is 1.35. The maximum Gasteiger partial charge on any atom is 0.0846 e. The van der Waals surface area contributed by atoms with Gasteiger partial charge in [0, 0.05) is 0 Å². The van der Waals surface area contributed by atoms with Crippen LogP contribution in [0.1, 0.15) is 20.3 Å². The molecule has 0 aliphatic carbocycles. The van der Waals surface area contributed by atoms with E-state index in [9.17, 15) is 0 Å². The first-order chi connectivity index (χ1) is 5.56. The standard InChI is InChI=1S/C10H18O2/c1-8(2)5-10(6-11)12-7-9(3)4/h10-11H,1,3,5-7H2,2,4H3. The summed E-state index contributed by atoms with van der Waals surface area (Å²) in [6.07, 6.45) is 0.586. The van der Waals surface area contributed by atoms with Crippen molar-refractivity contribution in [2.75, 3.05) is 13.2 Å². The fourth-order valence-corrected chi connectivity index (χ4v) is 0.825. The number of ether oxygens (including phenoxy) is 1. The minimum atomic E-state index is -0.126. The molecule has 0 aromatic carbocycles. The van der Waals surface area contributed by atoms with E-state index < -0.39 is 0 Å². The molecular weight excluding hydrogens is 152 g/mol. The van der Waals surface area contributed by atoms with Crippen molar-refractivity contribution in [1.29, 1.82) is 0 Å². The molecule has 0 amide bonds. The van der Waals surface area contributed by atoms with Gasteiger partial charge in [0.15, 0.2) is 0 Å². The first-order valence-electron chi connectivity index (χ1n) is 4.07. The molecule has 0 aromatic heterocycles. The van der Waals surface area contributed by atoms with E-state index in [4.69, 9.17) is 9.84 Å². The van der Waals surface area contributed by atoms with Crippen LogP contribution in [0.5, 0.6) is 0 Å². The van der Waals surface area contributed by atoms with Gasteiger partial charge in [0.05, 0.1) is 19.3 Å². The molecule has 0 rings (SSSR count). The summed E-state index contributed by atoms with van der Waals surface area (Å²) in [6.45, 7) is 11.8. The fraction of sp³-hybridized carbons (Fsp3) is 0.600. The van der Waals surface area contributed by atoms with E-state index >= 15 is 0 Å². The molecule has 70 valence electrons. The normalized spacial score (nSPS) is 12.6. The molecule has 0 saturated carbocycles. The highest BCUT2D eigenvalue weighted by Gasteiger charge is 2.06. The molecule has 1 N–H and O–H groups in total. The Labute approximate surface area is 74.6 Å². The highest BCUT2D eigenvalue weighted by atomic mass is 16.5. The number of hydrogen-bond donors (Lipinski definition) is 1. The predicted molar refractivity (Wildman–Crippen MR) is 51.1 cm³/mol. The molecule has 0 fully saturated rings. The van der Waals surface area contributed by atoms with Crippen molar-refractivity contribution in [3.05, 3.63) is 24.3 Å². The fourth-order valence-electron chi connectivity index (χ4n) is 0.825. The second-order valence-electron chi connectivity index (χ2n) is 3.23. The van der Waals surface area contributed by atoms with Gasteiger partial charge in [0.1, 0.15) is 0 Å². The van der Waals surface area contributed by atoms with Gasteiger partial charge in [-0.3, -0.25) is 0 Å². The molecule has 0 aliphatic heterocycles. The van der Waals surface area contributed by atoms with Crippen LogP contribution in [0.15, 0.2) is 24.3 Å². The molecule has 1 atom stereocenters. The SMILES string of the molecule is C=C(C)COC(CO)CC(=C)C.